The molecule has 0 spiro atoms. The van der Waals surface area contributed by atoms with Crippen LogP contribution in [0.4, 0.5) is 5.82 Å². The van der Waals surface area contributed by atoms with Crippen molar-refractivity contribution >= 4 is 5.82 Å². The number of anilines is 1. The van der Waals surface area contributed by atoms with Crippen LogP contribution in [0.3, 0.4) is 0 Å². The molecule has 4 heteroatoms. The lowest BCUT2D eigenvalue weighted by Gasteiger charge is -2.33. The molecule has 112 valence electrons. The maximum atomic E-state index is 5.27. The zero-order valence-electron chi connectivity index (χ0n) is 12.8. The summed E-state index contributed by atoms with van der Waals surface area (Å²) >= 11 is 0. The van der Waals surface area contributed by atoms with E-state index in [1.807, 2.05) is 12.3 Å². The number of methoxy groups -OCH3 is 1. The first kappa shape index (κ1) is 15.3. The van der Waals surface area contributed by atoms with Gasteiger partial charge in [0, 0.05) is 45.1 Å². The number of pyridine rings is 1. The van der Waals surface area contributed by atoms with Gasteiger partial charge < -0.3 is 15.0 Å². The Morgan fingerprint density at radius 3 is 2.90 bits per heavy atom. The first-order valence-corrected chi connectivity index (χ1v) is 7.73. The van der Waals surface area contributed by atoms with E-state index in [-0.39, 0.29) is 0 Å². The van der Waals surface area contributed by atoms with Gasteiger partial charge in [0.2, 0.25) is 0 Å². The zero-order chi connectivity index (χ0) is 14.2. The normalized spacial score (nSPS) is 16.6. The highest BCUT2D eigenvalue weighted by molar-refractivity contribution is 5.47. The Kier molecular flexibility index (Phi) is 6.27. The molecule has 0 radical (unpaired) electrons. The fourth-order valence-electron chi connectivity index (χ4n) is 2.80. The van der Waals surface area contributed by atoms with Gasteiger partial charge in [0.05, 0.1) is 0 Å². The maximum absolute atomic E-state index is 5.27. The van der Waals surface area contributed by atoms with Crippen molar-refractivity contribution in [1.82, 2.24) is 10.3 Å². The Bertz CT molecular complexity index is 389. The number of nitrogens with one attached hydrogen (secondary N) is 1. The van der Waals surface area contributed by atoms with Gasteiger partial charge in [-0.1, -0.05) is 13.0 Å². The van der Waals surface area contributed by atoms with E-state index in [9.17, 15) is 0 Å². The van der Waals surface area contributed by atoms with Gasteiger partial charge in [-0.15, -0.1) is 0 Å². The molecule has 1 aromatic rings. The highest BCUT2D eigenvalue weighted by atomic mass is 16.5. The lowest BCUT2D eigenvalue weighted by atomic mass is 9.97. The fraction of sp³-hybridized carbons (Fsp3) is 0.688. The van der Waals surface area contributed by atoms with Gasteiger partial charge in [0.25, 0.3) is 0 Å². The monoisotopic (exact) mass is 277 g/mol. The van der Waals surface area contributed by atoms with E-state index in [2.05, 4.69) is 28.2 Å². The molecule has 1 saturated heterocycles. The zero-order valence-corrected chi connectivity index (χ0v) is 12.8. The quantitative estimate of drug-likeness (QED) is 0.777. The lowest BCUT2D eigenvalue weighted by molar-refractivity contribution is 0.139. The van der Waals surface area contributed by atoms with Gasteiger partial charge in [0.1, 0.15) is 5.82 Å². The van der Waals surface area contributed by atoms with E-state index in [0.717, 1.165) is 45.0 Å². The highest BCUT2D eigenvalue weighted by Crippen LogP contribution is 2.24. The Morgan fingerprint density at radius 1 is 1.40 bits per heavy atom. The molecular weight excluding hydrogens is 250 g/mol. The predicted molar refractivity (Wildman–Crippen MR) is 83.0 cm³/mol. The number of hydrogen-bond donors (Lipinski definition) is 1. The van der Waals surface area contributed by atoms with Crippen LogP contribution in [0, 0.1) is 5.92 Å². The number of ether oxygens (including phenoxy) is 1. The van der Waals surface area contributed by atoms with E-state index < -0.39 is 0 Å². The van der Waals surface area contributed by atoms with E-state index in [4.69, 9.17) is 4.74 Å². The standard InChI is InChI=1S/C16H27N3O/c1-3-8-17-12-15-5-4-9-18-16(15)19-10-6-14(7-11-19)13-20-2/h4-5,9,14,17H,3,6-8,10-13H2,1-2H3. The Morgan fingerprint density at radius 2 is 2.20 bits per heavy atom. The van der Waals surface area contributed by atoms with E-state index in [1.165, 1.54) is 18.4 Å². The molecule has 1 fully saturated rings. The first-order chi connectivity index (χ1) is 9.85. The van der Waals surface area contributed by atoms with Crippen molar-refractivity contribution in [2.75, 3.05) is 38.3 Å². The van der Waals surface area contributed by atoms with E-state index in [0.29, 0.717) is 5.92 Å². The molecule has 0 atom stereocenters. The summed E-state index contributed by atoms with van der Waals surface area (Å²) in [5.74, 6) is 1.87. The van der Waals surface area contributed by atoms with Crippen LogP contribution in [0.25, 0.3) is 0 Å². The molecule has 20 heavy (non-hydrogen) atoms. The first-order valence-electron chi connectivity index (χ1n) is 7.73. The summed E-state index contributed by atoms with van der Waals surface area (Å²) in [5.41, 5.74) is 1.31. The topological polar surface area (TPSA) is 37.4 Å². The summed E-state index contributed by atoms with van der Waals surface area (Å²) in [6.07, 6.45) is 5.47. The molecule has 2 rings (SSSR count). The third-order valence-electron chi connectivity index (χ3n) is 3.93. The van der Waals surface area contributed by atoms with Crippen molar-refractivity contribution in [3.05, 3.63) is 23.9 Å². The van der Waals surface area contributed by atoms with Crippen LogP contribution in [-0.4, -0.2) is 38.3 Å². The maximum Gasteiger partial charge on any atom is 0.133 e. The predicted octanol–water partition coefficient (Wildman–Crippen LogP) is 2.44. The van der Waals surface area contributed by atoms with Gasteiger partial charge in [-0.05, 0) is 37.8 Å². The van der Waals surface area contributed by atoms with Gasteiger partial charge in [0.15, 0.2) is 0 Å². The smallest absolute Gasteiger partial charge is 0.133 e. The van der Waals surface area contributed by atoms with Gasteiger partial charge in [-0.3, -0.25) is 0 Å². The number of piperidine rings is 1. The van der Waals surface area contributed by atoms with Crippen molar-refractivity contribution in [2.24, 2.45) is 5.92 Å². The van der Waals surface area contributed by atoms with Crippen molar-refractivity contribution in [3.63, 3.8) is 0 Å². The number of rotatable bonds is 7. The molecule has 1 N–H and O–H groups in total. The van der Waals surface area contributed by atoms with Crippen LogP contribution >= 0.6 is 0 Å². The van der Waals surface area contributed by atoms with E-state index >= 15 is 0 Å². The van der Waals surface area contributed by atoms with Crippen molar-refractivity contribution in [2.45, 2.75) is 32.7 Å². The summed E-state index contributed by atoms with van der Waals surface area (Å²) in [5, 5.41) is 3.47. The van der Waals surface area contributed by atoms with Gasteiger partial charge in [-0.25, -0.2) is 4.98 Å². The third-order valence-corrected chi connectivity index (χ3v) is 3.93. The second-order valence-electron chi connectivity index (χ2n) is 5.55. The van der Waals surface area contributed by atoms with Crippen LogP contribution < -0.4 is 10.2 Å². The molecule has 1 aliphatic heterocycles. The van der Waals surface area contributed by atoms with Crippen LogP contribution in [0.15, 0.2) is 18.3 Å². The molecule has 0 saturated carbocycles. The molecule has 0 aliphatic carbocycles. The molecule has 1 aromatic heterocycles. The lowest BCUT2D eigenvalue weighted by Crippen LogP contribution is -2.36. The summed E-state index contributed by atoms with van der Waals surface area (Å²) in [6, 6.07) is 4.22. The second kappa shape index (κ2) is 8.22. The number of aromatic nitrogens is 1. The van der Waals surface area contributed by atoms with Crippen LogP contribution in [0.2, 0.25) is 0 Å². The molecule has 1 aliphatic rings. The Balaban J connectivity index is 1.95. The Labute approximate surface area is 122 Å². The Hall–Kier alpha value is -1.13. The fourth-order valence-corrected chi connectivity index (χ4v) is 2.80. The molecule has 0 aromatic carbocycles. The third kappa shape index (κ3) is 4.18. The minimum absolute atomic E-state index is 0.710. The second-order valence-corrected chi connectivity index (χ2v) is 5.55. The summed E-state index contributed by atoms with van der Waals surface area (Å²) in [6.45, 7) is 7.23. The molecule has 4 nitrogen and oxygen atoms in total. The summed E-state index contributed by atoms with van der Waals surface area (Å²) in [7, 11) is 1.79. The minimum Gasteiger partial charge on any atom is -0.384 e. The molecule has 0 unspecified atom stereocenters. The summed E-state index contributed by atoms with van der Waals surface area (Å²) < 4.78 is 5.27. The van der Waals surface area contributed by atoms with Crippen LogP contribution in [-0.2, 0) is 11.3 Å². The van der Waals surface area contributed by atoms with E-state index in [1.54, 1.807) is 7.11 Å². The average Bonchev–Trinajstić information content (AvgIpc) is 2.49. The van der Waals surface area contributed by atoms with Crippen molar-refractivity contribution in [3.8, 4) is 0 Å². The molecule has 0 amide bonds. The average molecular weight is 277 g/mol. The highest BCUT2D eigenvalue weighted by Gasteiger charge is 2.21. The largest absolute Gasteiger partial charge is 0.384 e. The SMILES string of the molecule is CCCNCc1cccnc1N1CCC(COC)CC1. The number of hydrogen-bond acceptors (Lipinski definition) is 4. The molecular formula is C16H27N3O. The number of nitrogens with zero attached hydrogens (tertiary/aromatic N) is 2. The molecule has 2 heterocycles. The minimum atomic E-state index is 0.710. The van der Waals surface area contributed by atoms with Crippen molar-refractivity contribution in [1.29, 1.82) is 0 Å². The van der Waals surface area contributed by atoms with Gasteiger partial charge in [-0.2, -0.15) is 0 Å². The van der Waals surface area contributed by atoms with Crippen LogP contribution in [0.1, 0.15) is 31.7 Å². The molecule has 0 bridgehead atoms. The van der Waals surface area contributed by atoms with Gasteiger partial charge >= 0.3 is 0 Å². The van der Waals surface area contributed by atoms with Crippen LogP contribution in [0.5, 0.6) is 0 Å². The van der Waals surface area contributed by atoms with Crippen molar-refractivity contribution < 1.29 is 4.74 Å². The summed E-state index contributed by atoms with van der Waals surface area (Å²) in [4.78, 5) is 7.03.